The first-order valence-corrected chi connectivity index (χ1v) is 10.0. The first-order chi connectivity index (χ1) is 15.3. The summed E-state index contributed by atoms with van der Waals surface area (Å²) in [5.41, 5.74) is 4.16. The minimum atomic E-state index is -0.491. The lowest BCUT2D eigenvalue weighted by Gasteiger charge is -2.12. The van der Waals surface area contributed by atoms with Gasteiger partial charge < -0.3 is 10.1 Å². The van der Waals surface area contributed by atoms with Crippen LogP contribution in [0.4, 0.5) is 10.1 Å². The van der Waals surface area contributed by atoms with E-state index < -0.39 is 5.82 Å². The number of nitrogens with zero attached hydrogens (tertiary/aromatic N) is 7. The molecule has 32 heavy (non-hydrogen) atoms. The normalized spacial score (nSPS) is 11.2. The highest BCUT2D eigenvalue weighted by Crippen LogP contribution is 2.30. The Balaban J connectivity index is 1.53. The average molecular weight is 438 g/mol. The number of anilines is 1. The quantitative estimate of drug-likeness (QED) is 0.492. The third kappa shape index (κ3) is 3.77. The van der Waals surface area contributed by atoms with Crippen LogP contribution in [0, 0.1) is 26.6 Å². The van der Waals surface area contributed by atoms with Crippen LogP contribution >= 0.6 is 0 Å². The average Bonchev–Trinajstić information content (AvgIpc) is 3.32. The van der Waals surface area contributed by atoms with Crippen molar-refractivity contribution in [2.24, 2.45) is 7.05 Å². The number of aromatic nitrogens is 7. The third-order valence-corrected chi connectivity index (χ3v) is 5.40. The summed E-state index contributed by atoms with van der Waals surface area (Å²) < 4.78 is 22.6. The highest BCUT2D eigenvalue weighted by molar-refractivity contribution is 5.91. The van der Waals surface area contributed by atoms with Crippen molar-refractivity contribution in [1.29, 1.82) is 0 Å². The summed E-state index contributed by atoms with van der Waals surface area (Å²) in [6, 6.07) is 4.27. The zero-order valence-corrected chi connectivity index (χ0v) is 18.5. The van der Waals surface area contributed by atoms with Crippen molar-refractivity contribution in [3.8, 4) is 11.6 Å². The number of hydrogen-bond donors (Lipinski definition) is 1. The van der Waals surface area contributed by atoms with Crippen LogP contribution in [0.5, 0.6) is 5.88 Å². The topological polar surface area (TPSA) is 113 Å². The van der Waals surface area contributed by atoms with Crippen molar-refractivity contribution in [3.63, 3.8) is 0 Å². The lowest BCUT2D eigenvalue weighted by atomic mass is 10.00. The minimum Gasteiger partial charge on any atom is -0.479 e. The zero-order chi connectivity index (χ0) is 23.0. The number of ether oxygens (including phenoxy) is 1. The largest absolute Gasteiger partial charge is 0.479 e. The molecule has 0 saturated carbocycles. The van der Waals surface area contributed by atoms with E-state index in [1.807, 2.05) is 20.9 Å². The smallest absolute Gasteiger partial charge is 0.242 e. The zero-order valence-electron chi connectivity index (χ0n) is 18.5. The highest BCUT2D eigenvalue weighted by Gasteiger charge is 2.19. The van der Waals surface area contributed by atoms with Gasteiger partial charge in [-0.05, 0) is 66.9 Å². The Morgan fingerprint density at radius 3 is 2.72 bits per heavy atom. The molecule has 1 N–H and O–H groups in total. The molecule has 11 heteroatoms. The maximum Gasteiger partial charge on any atom is 0.242 e. The number of fused-ring (bicyclic) bond motifs is 1. The van der Waals surface area contributed by atoms with Gasteiger partial charge in [0.15, 0.2) is 11.5 Å². The fourth-order valence-electron chi connectivity index (χ4n) is 3.78. The minimum absolute atomic E-state index is 0.162. The molecule has 1 amide bonds. The van der Waals surface area contributed by atoms with Gasteiger partial charge in [-0.3, -0.25) is 4.79 Å². The summed E-state index contributed by atoms with van der Waals surface area (Å²) in [5, 5.41) is 19.1. The molecule has 0 atom stereocenters. The van der Waals surface area contributed by atoms with Crippen molar-refractivity contribution in [2.75, 3.05) is 12.4 Å². The second kappa shape index (κ2) is 8.33. The number of carbonyl (C=O) groups excluding carboxylic acids is 1. The fourth-order valence-corrected chi connectivity index (χ4v) is 3.78. The van der Waals surface area contributed by atoms with Crippen molar-refractivity contribution in [2.45, 2.75) is 33.6 Å². The molecule has 0 spiro atoms. The molecule has 0 aliphatic carbocycles. The first kappa shape index (κ1) is 21.3. The number of tetrazole rings is 1. The van der Waals surface area contributed by atoms with Gasteiger partial charge in [0.05, 0.1) is 12.5 Å². The number of aryl methyl sites for hydroxylation is 4. The van der Waals surface area contributed by atoms with Gasteiger partial charge in [0.2, 0.25) is 11.8 Å². The Bertz CT molecular complexity index is 1330. The number of rotatable bonds is 6. The lowest BCUT2D eigenvalue weighted by Crippen LogP contribution is -2.14. The molecule has 166 valence electrons. The number of nitrogens with one attached hydrogen (secondary N) is 1. The lowest BCUT2D eigenvalue weighted by molar-refractivity contribution is -0.116. The molecule has 0 saturated heterocycles. The summed E-state index contributed by atoms with van der Waals surface area (Å²) in [5.74, 6) is 0.254. The summed E-state index contributed by atoms with van der Waals surface area (Å²) in [7, 11) is 3.39. The van der Waals surface area contributed by atoms with E-state index in [2.05, 4.69) is 30.9 Å². The number of amides is 1. The molecule has 10 nitrogen and oxygen atoms in total. The number of halogens is 1. The maximum atomic E-state index is 14.2. The maximum absolute atomic E-state index is 14.2. The number of carbonyl (C=O) groups is 1. The standard InChI is InChI=1S/C21H23FN8O2/c1-11-15(12(2)23-20-19(11)21(32-5)26-29(20)4)7-9-18(31)24-14-6-8-16(22)17(10-14)30-13(3)25-27-28-30/h6,8,10H,7,9H2,1-5H3,(H,24,31). The SMILES string of the molecule is COc1nn(C)c2nc(C)c(CCC(=O)Nc3ccc(F)c(-n4nnnc4C)c3)c(C)c12. The molecule has 1 aromatic carbocycles. The van der Waals surface area contributed by atoms with Crippen LogP contribution in [0.2, 0.25) is 0 Å². The fraction of sp³-hybridized carbons (Fsp3) is 0.333. The number of methoxy groups -OCH3 is 1. The second-order valence-electron chi connectivity index (χ2n) is 7.48. The molecule has 4 aromatic rings. The Morgan fingerprint density at radius 2 is 2.03 bits per heavy atom. The van der Waals surface area contributed by atoms with Crippen LogP contribution in [0.15, 0.2) is 18.2 Å². The molecule has 0 aliphatic heterocycles. The van der Waals surface area contributed by atoms with E-state index >= 15 is 0 Å². The van der Waals surface area contributed by atoms with Gasteiger partial charge in [0.1, 0.15) is 11.5 Å². The summed E-state index contributed by atoms with van der Waals surface area (Å²) in [6.07, 6.45) is 0.721. The predicted molar refractivity (Wildman–Crippen MR) is 115 cm³/mol. The van der Waals surface area contributed by atoms with Gasteiger partial charge in [0, 0.05) is 24.8 Å². The summed E-state index contributed by atoms with van der Waals surface area (Å²) in [4.78, 5) is 17.3. The molecule has 4 rings (SSSR count). The van der Waals surface area contributed by atoms with Gasteiger partial charge in [-0.25, -0.2) is 14.1 Å². The Labute approximate surface area is 183 Å². The predicted octanol–water partition coefficient (Wildman–Crippen LogP) is 2.59. The van der Waals surface area contributed by atoms with Crippen molar-refractivity contribution >= 4 is 22.6 Å². The molecule has 0 bridgehead atoms. The molecule has 3 heterocycles. The summed E-state index contributed by atoms with van der Waals surface area (Å²) in [6.45, 7) is 5.56. The van der Waals surface area contributed by atoms with Crippen LogP contribution in [0.1, 0.15) is 29.1 Å². The van der Waals surface area contributed by atoms with Gasteiger partial charge >= 0.3 is 0 Å². The van der Waals surface area contributed by atoms with E-state index in [1.54, 1.807) is 18.7 Å². The Kier molecular flexibility index (Phi) is 5.56. The molecular formula is C21H23FN8O2. The van der Waals surface area contributed by atoms with Crippen LogP contribution < -0.4 is 10.1 Å². The number of hydrogen-bond acceptors (Lipinski definition) is 7. The van der Waals surface area contributed by atoms with E-state index in [1.165, 1.54) is 22.9 Å². The molecule has 0 unspecified atom stereocenters. The van der Waals surface area contributed by atoms with Crippen LogP contribution in [0.3, 0.4) is 0 Å². The van der Waals surface area contributed by atoms with Gasteiger partial charge in [-0.1, -0.05) is 0 Å². The third-order valence-electron chi connectivity index (χ3n) is 5.40. The first-order valence-electron chi connectivity index (χ1n) is 10.0. The number of pyridine rings is 1. The molecular weight excluding hydrogens is 415 g/mol. The van der Waals surface area contributed by atoms with Gasteiger partial charge in [-0.2, -0.15) is 4.68 Å². The van der Waals surface area contributed by atoms with Crippen LogP contribution in [0.25, 0.3) is 16.7 Å². The van der Waals surface area contributed by atoms with Gasteiger partial charge in [-0.15, -0.1) is 10.2 Å². The van der Waals surface area contributed by atoms with E-state index in [0.29, 0.717) is 23.8 Å². The van der Waals surface area contributed by atoms with E-state index in [4.69, 9.17) is 4.74 Å². The van der Waals surface area contributed by atoms with Crippen molar-refractivity contribution in [3.05, 3.63) is 46.7 Å². The molecule has 3 aromatic heterocycles. The molecule has 0 radical (unpaired) electrons. The number of benzene rings is 1. The van der Waals surface area contributed by atoms with Crippen LogP contribution in [-0.4, -0.2) is 48.0 Å². The van der Waals surface area contributed by atoms with E-state index in [-0.39, 0.29) is 18.0 Å². The second-order valence-corrected chi connectivity index (χ2v) is 7.48. The highest BCUT2D eigenvalue weighted by atomic mass is 19.1. The van der Waals surface area contributed by atoms with E-state index in [9.17, 15) is 9.18 Å². The summed E-state index contributed by atoms with van der Waals surface area (Å²) >= 11 is 0. The molecule has 0 fully saturated rings. The van der Waals surface area contributed by atoms with E-state index in [0.717, 1.165) is 27.9 Å². The monoisotopic (exact) mass is 438 g/mol. The molecule has 0 aliphatic rings. The van der Waals surface area contributed by atoms with Crippen molar-refractivity contribution in [1.82, 2.24) is 35.0 Å². The van der Waals surface area contributed by atoms with Crippen LogP contribution in [-0.2, 0) is 18.3 Å². The van der Waals surface area contributed by atoms with Crippen molar-refractivity contribution < 1.29 is 13.9 Å². The Hall–Kier alpha value is -3.89. The Morgan fingerprint density at radius 1 is 1.25 bits per heavy atom. The van der Waals surface area contributed by atoms with Gasteiger partial charge in [0.25, 0.3) is 0 Å².